The summed E-state index contributed by atoms with van der Waals surface area (Å²) in [6.45, 7) is 2.03. The quantitative estimate of drug-likeness (QED) is 0.778. The minimum absolute atomic E-state index is 0.233. The molecule has 1 heterocycles. The first-order valence-electron chi connectivity index (χ1n) is 4.64. The monoisotopic (exact) mass is 243 g/mol. The van der Waals surface area contributed by atoms with Gasteiger partial charge < -0.3 is 5.11 Å². The van der Waals surface area contributed by atoms with Crippen molar-refractivity contribution >= 4 is 27.6 Å². The van der Waals surface area contributed by atoms with E-state index in [0.29, 0.717) is 11.7 Å². The van der Waals surface area contributed by atoms with Gasteiger partial charge in [0.25, 0.3) is 0 Å². The van der Waals surface area contributed by atoms with Crippen molar-refractivity contribution in [3.63, 3.8) is 0 Å². The van der Waals surface area contributed by atoms with E-state index in [1.165, 1.54) is 0 Å². The van der Waals surface area contributed by atoms with Crippen LogP contribution < -0.4 is 0 Å². The molecule has 0 unspecified atom stereocenters. The Morgan fingerprint density at radius 2 is 2.40 bits per heavy atom. The molecule has 0 radical (unpaired) electrons. The summed E-state index contributed by atoms with van der Waals surface area (Å²) in [7, 11) is 3.26. The second kappa shape index (κ2) is 6.74. The van der Waals surface area contributed by atoms with E-state index in [1.54, 1.807) is 27.8 Å². The van der Waals surface area contributed by atoms with E-state index in [0.717, 1.165) is 5.03 Å². The first-order valence-corrected chi connectivity index (χ1v) is 6.86. The lowest BCUT2D eigenvalue weighted by Gasteiger charge is -2.07. The fraction of sp³-hybridized carbons (Fsp3) is 0.400. The zero-order valence-electron chi connectivity index (χ0n) is 8.42. The van der Waals surface area contributed by atoms with Crippen molar-refractivity contribution in [3.05, 3.63) is 24.4 Å². The molecule has 82 valence electrons. The van der Waals surface area contributed by atoms with Crippen LogP contribution in [-0.4, -0.2) is 21.3 Å². The third kappa shape index (κ3) is 5.69. The Morgan fingerprint density at radius 3 is 3.00 bits per heavy atom. The summed E-state index contributed by atoms with van der Waals surface area (Å²) in [6.07, 6.45) is 2.68. The number of nitrogens with zero attached hydrogens (tertiary/aromatic N) is 1. The lowest BCUT2D eigenvalue weighted by molar-refractivity contribution is -0.137. The Hall–Kier alpha value is -0.680. The third-order valence-electron chi connectivity index (χ3n) is 1.70. The molecule has 5 heteroatoms. The van der Waals surface area contributed by atoms with Crippen LogP contribution in [-0.2, 0) is 4.79 Å². The van der Waals surface area contributed by atoms with Gasteiger partial charge in [0, 0.05) is 17.9 Å². The van der Waals surface area contributed by atoms with Crippen LogP contribution in [0.5, 0.6) is 0 Å². The summed E-state index contributed by atoms with van der Waals surface area (Å²) in [5, 5.41) is 9.81. The number of carboxylic acids is 1. The highest BCUT2D eigenvalue weighted by Crippen LogP contribution is 2.34. The first kappa shape index (κ1) is 12.4. The Balaban J connectivity index is 2.22. The smallest absolute Gasteiger partial charge is 0.303 e. The number of aliphatic carboxylic acids is 1. The van der Waals surface area contributed by atoms with Gasteiger partial charge in [-0.25, -0.2) is 4.98 Å². The molecular weight excluding hydrogens is 230 g/mol. The van der Waals surface area contributed by atoms with E-state index in [-0.39, 0.29) is 6.42 Å². The van der Waals surface area contributed by atoms with E-state index in [9.17, 15) is 4.79 Å². The molecule has 15 heavy (non-hydrogen) atoms. The Bertz CT molecular complexity index is 306. The largest absolute Gasteiger partial charge is 0.481 e. The first-order chi connectivity index (χ1) is 7.18. The Morgan fingerprint density at radius 1 is 1.60 bits per heavy atom. The molecule has 0 saturated heterocycles. The summed E-state index contributed by atoms with van der Waals surface area (Å²) < 4.78 is 0. The van der Waals surface area contributed by atoms with Crippen molar-refractivity contribution in [1.29, 1.82) is 0 Å². The van der Waals surface area contributed by atoms with Crippen LogP contribution >= 0.6 is 21.6 Å². The molecule has 0 saturated carbocycles. The van der Waals surface area contributed by atoms with Crippen molar-refractivity contribution in [3.8, 4) is 0 Å². The van der Waals surface area contributed by atoms with Crippen molar-refractivity contribution in [2.45, 2.75) is 30.0 Å². The maximum absolute atomic E-state index is 10.3. The van der Waals surface area contributed by atoms with Gasteiger partial charge >= 0.3 is 5.97 Å². The summed E-state index contributed by atoms with van der Waals surface area (Å²) in [4.78, 5) is 14.5. The predicted molar refractivity (Wildman–Crippen MR) is 64.0 cm³/mol. The Kier molecular flexibility index (Phi) is 5.57. The topological polar surface area (TPSA) is 50.2 Å². The molecule has 0 amide bonds. The SMILES string of the molecule is C[C@H](CCC(=O)O)SSc1ccccn1. The van der Waals surface area contributed by atoms with Crippen LogP contribution in [0.4, 0.5) is 0 Å². The highest BCUT2D eigenvalue weighted by atomic mass is 33.1. The molecule has 1 rings (SSSR count). The predicted octanol–water partition coefficient (Wildman–Crippen LogP) is 3.08. The summed E-state index contributed by atoms with van der Waals surface area (Å²) >= 11 is 0. The maximum Gasteiger partial charge on any atom is 0.303 e. The molecule has 1 N–H and O–H groups in total. The lowest BCUT2D eigenvalue weighted by Crippen LogP contribution is -2.00. The van der Waals surface area contributed by atoms with E-state index in [1.807, 2.05) is 25.1 Å². The van der Waals surface area contributed by atoms with Crippen LogP contribution in [0, 0.1) is 0 Å². The van der Waals surface area contributed by atoms with Gasteiger partial charge in [0.2, 0.25) is 0 Å². The fourth-order valence-electron chi connectivity index (χ4n) is 0.903. The second-order valence-electron chi connectivity index (χ2n) is 3.09. The van der Waals surface area contributed by atoms with Crippen molar-refractivity contribution < 1.29 is 9.90 Å². The van der Waals surface area contributed by atoms with Gasteiger partial charge in [-0.05, 0) is 29.3 Å². The summed E-state index contributed by atoms with van der Waals surface area (Å²) in [5.41, 5.74) is 0. The maximum atomic E-state index is 10.3. The molecule has 0 aliphatic heterocycles. The zero-order chi connectivity index (χ0) is 11.1. The molecule has 3 nitrogen and oxygen atoms in total. The third-order valence-corrected chi connectivity index (χ3v) is 4.56. The molecule has 1 aromatic rings. The number of hydrogen-bond donors (Lipinski definition) is 1. The van der Waals surface area contributed by atoms with Gasteiger partial charge in [-0.15, -0.1) is 0 Å². The summed E-state index contributed by atoms with van der Waals surface area (Å²) in [5.74, 6) is -0.731. The molecule has 0 aliphatic carbocycles. The highest BCUT2D eigenvalue weighted by Gasteiger charge is 2.07. The minimum Gasteiger partial charge on any atom is -0.481 e. The van der Waals surface area contributed by atoms with E-state index in [4.69, 9.17) is 5.11 Å². The highest BCUT2D eigenvalue weighted by molar-refractivity contribution is 8.76. The summed E-state index contributed by atoms with van der Waals surface area (Å²) in [6, 6.07) is 5.77. The van der Waals surface area contributed by atoms with Crippen LogP contribution in [0.3, 0.4) is 0 Å². The van der Waals surface area contributed by atoms with Crippen molar-refractivity contribution in [2.75, 3.05) is 0 Å². The van der Waals surface area contributed by atoms with E-state index >= 15 is 0 Å². The Labute approximate surface area is 97.1 Å². The molecule has 1 atom stereocenters. The van der Waals surface area contributed by atoms with E-state index in [2.05, 4.69) is 4.98 Å². The minimum atomic E-state index is -0.731. The lowest BCUT2D eigenvalue weighted by atomic mass is 10.2. The zero-order valence-corrected chi connectivity index (χ0v) is 10.1. The molecule has 0 aliphatic rings. The number of aromatic nitrogens is 1. The standard InChI is InChI=1S/C10H13NO2S2/c1-8(5-6-10(12)13)14-15-9-4-2-3-7-11-9/h2-4,7-8H,5-6H2,1H3,(H,12,13)/t8-/m1/s1. The molecular formula is C10H13NO2S2. The molecule has 0 fully saturated rings. The molecule has 0 bridgehead atoms. The van der Waals surface area contributed by atoms with Crippen molar-refractivity contribution in [2.24, 2.45) is 0 Å². The average Bonchev–Trinajstić information content (AvgIpc) is 2.25. The molecule has 0 aromatic carbocycles. The number of pyridine rings is 1. The van der Waals surface area contributed by atoms with Gasteiger partial charge in [0.15, 0.2) is 0 Å². The average molecular weight is 243 g/mol. The van der Waals surface area contributed by atoms with Crippen LogP contribution in [0.15, 0.2) is 29.4 Å². The number of carboxylic acid groups (broad SMARTS) is 1. The molecule has 1 aromatic heterocycles. The van der Waals surface area contributed by atoms with Gasteiger partial charge in [0.1, 0.15) is 5.03 Å². The van der Waals surface area contributed by atoms with Gasteiger partial charge in [-0.3, -0.25) is 4.79 Å². The van der Waals surface area contributed by atoms with Crippen LogP contribution in [0.2, 0.25) is 0 Å². The van der Waals surface area contributed by atoms with E-state index < -0.39 is 5.97 Å². The molecule has 0 spiro atoms. The van der Waals surface area contributed by atoms with Crippen molar-refractivity contribution in [1.82, 2.24) is 4.98 Å². The number of rotatable bonds is 6. The van der Waals surface area contributed by atoms with Gasteiger partial charge in [-0.2, -0.15) is 0 Å². The fourth-order valence-corrected chi connectivity index (χ4v) is 2.99. The van der Waals surface area contributed by atoms with Crippen LogP contribution in [0.1, 0.15) is 19.8 Å². The van der Waals surface area contributed by atoms with Crippen LogP contribution in [0.25, 0.3) is 0 Å². The second-order valence-corrected chi connectivity index (χ2v) is 5.75. The number of hydrogen-bond acceptors (Lipinski definition) is 4. The normalized spacial score (nSPS) is 12.3. The number of carbonyl (C=O) groups is 1. The van der Waals surface area contributed by atoms with Gasteiger partial charge in [-0.1, -0.05) is 23.8 Å². The van der Waals surface area contributed by atoms with Gasteiger partial charge in [0.05, 0.1) is 0 Å².